The molecule has 3 aromatic heterocycles. The van der Waals surface area contributed by atoms with E-state index in [9.17, 15) is 4.79 Å². The molecule has 0 aromatic carbocycles. The summed E-state index contributed by atoms with van der Waals surface area (Å²) in [6.45, 7) is 9.47. The minimum atomic E-state index is 0. The summed E-state index contributed by atoms with van der Waals surface area (Å²) in [5, 5.41) is 1.09. The van der Waals surface area contributed by atoms with Crippen LogP contribution in [-0.2, 0) is 4.79 Å². The van der Waals surface area contributed by atoms with Gasteiger partial charge in [0.25, 0.3) is 0 Å². The Balaban J connectivity index is 0.00000225. The Kier molecular flexibility index (Phi) is 4.34. The van der Waals surface area contributed by atoms with Crippen LogP contribution in [0.15, 0.2) is 36.7 Å². The van der Waals surface area contributed by atoms with E-state index in [1.54, 1.807) is 6.92 Å². The number of carbonyl (C=O) groups is 1. The molecule has 4 rings (SSSR count). The number of rotatable bonds is 2. The van der Waals surface area contributed by atoms with Crippen molar-refractivity contribution in [2.45, 2.75) is 39.8 Å². The van der Waals surface area contributed by atoms with Gasteiger partial charge in [-0.25, -0.2) is 9.97 Å². The van der Waals surface area contributed by atoms with E-state index in [0.717, 1.165) is 46.8 Å². The minimum Gasteiger partial charge on any atom is -0.352 e. The van der Waals surface area contributed by atoms with E-state index in [-0.39, 0.29) is 19.4 Å². The van der Waals surface area contributed by atoms with Crippen LogP contribution in [0, 0.1) is 6.92 Å². The highest BCUT2D eigenvalue weighted by Crippen LogP contribution is 2.29. The van der Waals surface area contributed by atoms with Crippen LogP contribution in [0.5, 0.6) is 0 Å². The lowest BCUT2D eigenvalue weighted by atomic mass is 10.1. The molecule has 1 N–H and O–H groups in total. The van der Waals surface area contributed by atoms with Gasteiger partial charge in [-0.2, -0.15) is 0 Å². The van der Waals surface area contributed by atoms with Gasteiger partial charge in [0.15, 0.2) is 0 Å². The number of aromatic nitrogens is 3. The number of hydrogen-bond acceptors (Lipinski definition) is 4. The maximum absolute atomic E-state index is 11.9. The van der Waals surface area contributed by atoms with Crippen LogP contribution in [-0.4, -0.2) is 50.9 Å². The number of pyridine rings is 2. The van der Waals surface area contributed by atoms with Crippen LogP contribution in [0.1, 0.15) is 27.8 Å². The Labute approximate surface area is 160 Å². The van der Waals surface area contributed by atoms with Crippen LogP contribution < -0.4 is 4.90 Å². The van der Waals surface area contributed by atoms with Gasteiger partial charge in [-0.15, -0.1) is 0 Å². The molecule has 0 unspecified atom stereocenters. The number of nitrogens with one attached hydrogen (secondary N) is 1. The number of piperazine rings is 1. The van der Waals surface area contributed by atoms with Crippen LogP contribution in [0.2, 0.25) is 0 Å². The minimum absolute atomic E-state index is 0. The molecule has 0 radical (unpaired) electrons. The van der Waals surface area contributed by atoms with Crippen molar-refractivity contribution in [3.8, 4) is 11.3 Å². The van der Waals surface area contributed by atoms with Crippen LogP contribution in [0.4, 0.5) is 5.82 Å². The third kappa shape index (κ3) is 3.16. The molecule has 1 fully saturated rings. The van der Waals surface area contributed by atoms with Crippen molar-refractivity contribution in [3.05, 3.63) is 42.2 Å². The van der Waals surface area contributed by atoms with Gasteiger partial charge < -0.3 is 14.8 Å². The standard InChI is InChI=1S/C21H25N5O.H2/c1-13-8-17-18(10-23-21(17)22-9-13)19-6-5-7-20(24-19)25-11-14(2)26(16(4)27)15(3)12-25;/h5-10,14-15H,11-12H2,1-4H3,(H,22,23);1H/t14-,15+;. The first-order valence-electron chi connectivity index (χ1n) is 9.39. The van der Waals surface area contributed by atoms with Gasteiger partial charge in [-0.05, 0) is 44.5 Å². The molecule has 6 nitrogen and oxygen atoms in total. The van der Waals surface area contributed by atoms with Crippen LogP contribution >= 0.6 is 0 Å². The van der Waals surface area contributed by atoms with Crippen molar-refractivity contribution >= 4 is 22.8 Å². The van der Waals surface area contributed by atoms with E-state index in [2.05, 4.69) is 34.8 Å². The zero-order valence-corrected chi connectivity index (χ0v) is 16.2. The zero-order valence-electron chi connectivity index (χ0n) is 16.2. The van der Waals surface area contributed by atoms with Crippen molar-refractivity contribution in [1.29, 1.82) is 0 Å². The molecule has 4 heterocycles. The van der Waals surface area contributed by atoms with Crippen molar-refractivity contribution in [1.82, 2.24) is 19.9 Å². The van der Waals surface area contributed by atoms with Gasteiger partial charge in [-0.3, -0.25) is 4.79 Å². The number of anilines is 1. The third-order valence-corrected chi connectivity index (χ3v) is 5.28. The highest BCUT2D eigenvalue weighted by atomic mass is 16.2. The number of carbonyl (C=O) groups excluding carboxylic acids is 1. The first-order chi connectivity index (χ1) is 12.9. The zero-order chi connectivity index (χ0) is 19.1. The van der Waals surface area contributed by atoms with E-state index < -0.39 is 0 Å². The Bertz CT molecular complexity index is 989. The van der Waals surface area contributed by atoms with E-state index in [0.29, 0.717) is 0 Å². The molecule has 1 aliphatic heterocycles. The topological polar surface area (TPSA) is 65.1 Å². The van der Waals surface area contributed by atoms with E-state index in [1.807, 2.05) is 42.4 Å². The van der Waals surface area contributed by atoms with Crippen molar-refractivity contribution < 1.29 is 6.22 Å². The monoisotopic (exact) mass is 365 g/mol. The summed E-state index contributed by atoms with van der Waals surface area (Å²) in [5.41, 5.74) is 4.00. The highest BCUT2D eigenvalue weighted by Gasteiger charge is 2.31. The summed E-state index contributed by atoms with van der Waals surface area (Å²) in [4.78, 5) is 28.8. The van der Waals surface area contributed by atoms with Gasteiger partial charge in [0.2, 0.25) is 5.91 Å². The second kappa shape index (κ2) is 6.68. The summed E-state index contributed by atoms with van der Waals surface area (Å²) in [6.07, 6.45) is 3.84. The molecular formula is C21H27N5O. The average Bonchev–Trinajstić information content (AvgIpc) is 3.04. The SMILES string of the molecule is CC(=O)N1[C@H](C)CN(c2cccc(-c3c[nH]c4ncc(C)cc34)n2)C[C@@H]1C.[HH]. The molecule has 1 aliphatic rings. The van der Waals surface area contributed by atoms with Crippen molar-refractivity contribution in [2.24, 2.45) is 0 Å². The fourth-order valence-corrected chi connectivity index (χ4v) is 4.20. The molecular weight excluding hydrogens is 338 g/mol. The predicted octanol–water partition coefficient (Wildman–Crippen LogP) is 3.62. The molecule has 1 saturated heterocycles. The van der Waals surface area contributed by atoms with E-state index >= 15 is 0 Å². The second-order valence-electron chi connectivity index (χ2n) is 7.52. The van der Waals surface area contributed by atoms with Crippen molar-refractivity contribution in [2.75, 3.05) is 18.0 Å². The quantitative estimate of drug-likeness (QED) is 0.753. The number of amides is 1. The van der Waals surface area contributed by atoms with E-state index in [4.69, 9.17) is 4.98 Å². The fourth-order valence-electron chi connectivity index (χ4n) is 4.20. The summed E-state index contributed by atoms with van der Waals surface area (Å²) in [5.74, 6) is 1.09. The maximum atomic E-state index is 11.9. The lowest BCUT2D eigenvalue weighted by Gasteiger charge is -2.44. The number of fused-ring (bicyclic) bond motifs is 1. The number of nitrogens with zero attached hydrogens (tertiary/aromatic N) is 4. The van der Waals surface area contributed by atoms with Gasteiger partial charge in [0.1, 0.15) is 11.5 Å². The van der Waals surface area contributed by atoms with Crippen molar-refractivity contribution in [3.63, 3.8) is 0 Å². The Morgan fingerprint density at radius 1 is 1.26 bits per heavy atom. The number of aromatic amines is 1. The number of H-pyrrole nitrogens is 1. The molecule has 142 valence electrons. The molecule has 1 amide bonds. The molecule has 0 saturated carbocycles. The number of aryl methyl sites for hydroxylation is 1. The molecule has 6 heteroatoms. The first kappa shape index (κ1) is 17.5. The second-order valence-corrected chi connectivity index (χ2v) is 7.52. The average molecular weight is 365 g/mol. The smallest absolute Gasteiger partial charge is 0.220 e. The fraction of sp³-hybridized carbons (Fsp3) is 0.381. The van der Waals surface area contributed by atoms with Gasteiger partial charge in [-0.1, -0.05) is 6.07 Å². The molecule has 27 heavy (non-hydrogen) atoms. The summed E-state index contributed by atoms with van der Waals surface area (Å²) in [6, 6.07) is 8.59. The summed E-state index contributed by atoms with van der Waals surface area (Å²) >= 11 is 0. The normalized spacial score (nSPS) is 20.3. The lowest BCUT2D eigenvalue weighted by Crippen LogP contribution is -2.58. The molecule has 0 bridgehead atoms. The van der Waals surface area contributed by atoms with Gasteiger partial charge >= 0.3 is 0 Å². The lowest BCUT2D eigenvalue weighted by molar-refractivity contribution is -0.133. The van der Waals surface area contributed by atoms with Gasteiger partial charge in [0, 0.05) is 56.9 Å². The number of hydrogen-bond donors (Lipinski definition) is 1. The largest absolute Gasteiger partial charge is 0.352 e. The Hall–Kier alpha value is -2.89. The third-order valence-electron chi connectivity index (χ3n) is 5.28. The molecule has 2 atom stereocenters. The Morgan fingerprint density at radius 2 is 2.00 bits per heavy atom. The maximum Gasteiger partial charge on any atom is 0.220 e. The highest BCUT2D eigenvalue weighted by molar-refractivity contribution is 5.93. The van der Waals surface area contributed by atoms with E-state index in [1.165, 1.54) is 0 Å². The molecule has 0 spiro atoms. The predicted molar refractivity (Wildman–Crippen MR) is 110 cm³/mol. The van der Waals surface area contributed by atoms with Crippen LogP contribution in [0.25, 0.3) is 22.3 Å². The van der Waals surface area contributed by atoms with Crippen LogP contribution in [0.3, 0.4) is 0 Å². The van der Waals surface area contributed by atoms with Gasteiger partial charge in [0.05, 0.1) is 5.69 Å². The summed E-state index contributed by atoms with van der Waals surface area (Å²) in [7, 11) is 0. The Morgan fingerprint density at radius 3 is 2.70 bits per heavy atom. The summed E-state index contributed by atoms with van der Waals surface area (Å²) < 4.78 is 0. The first-order valence-corrected chi connectivity index (χ1v) is 9.39. The molecule has 3 aromatic rings. The molecule has 0 aliphatic carbocycles.